The summed E-state index contributed by atoms with van der Waals surface area (Å²) in [6.07, 6.45) is 10.3. The highest BCUT2D eigenvalue weighted by molar-refractivity contribution is 5.74. The number of carbonyl (C=O) groups is 1. The molecule has 0 aromatic heterocycles. The summed E-state index contributed by atoms with van der Waals surface area (Å²) < 4.78 is 0. The Morgan fingerprint density at radius 3 is 1.57 bits per heavy atom. The van der Waals surface area contributed by atoms with Crippen LogP contribution in [0.25, 0.3) is 0 Å². The van der Waals surface area contributed by atoms with Gasteiger partial charge in [0.25, 0.3) is 0 Å². The maximum atomic E-state index is 12.9. The van der Waals surface area contributed by atoms with E-state index in [2.05, 4.69) is 42.4 Å². The van der Waals surface area contributed by atoms with Gasteiger partial charge in [-0.3, -0.25) is 0 Å². The maximum absolute atomic E-state index is 12.9. The Labute approximate surface area is 174 Å². The van der Waals surface area contributed by atoms with Crippen molar-refractivity contribution in [2.24, 2.45) is 23.7 Å². The fourth-order valence-corrected chi connectivity index (χ4v) is 5.76. The first-order valence-electron chi connectivity index (χ1n) is 12.2. The van der Waals surface area contributed by atoms with Gasteiger partial charge < -0.3 is 14.7 Å². The van der Waals surface area contributed by atoms with Gasteiger partial charge in [-0.1, -0.05) is 13.8 Å². The van der Waals surface area contributed by atoms with Gasteiger partial charge in [0, 0.05) is 32.2 Å². The number of nitrogens with zero attached hydrogens (tertiary/aromatic N) is 3. The van der Waals surface area contributed by atoms with Gasteiger partial charge >= 0.3 is 6.03 Å². The zero-order valence-electron chi connectivity index (χ0n) is 19.0. The van der Waals surface area contributed by atoms with Crippen molar-refractivity contribution in [1.82, 2.24) is 14.7 Å². The molecule has 0 aliphatic carbocycles. The van der Waals surface area contributed by atoms with Gasteiger partial charge in [0.2, 0.25) is 0 Å². The van der Waals surface area contributed by atoms with Crippen molar-refractivity contribution < 1.29 is 4.79 Å². The van der Waals surface area contributed by atoms with Crippen molar-refractivity contribution >= 4 is 6.03 Å². The third-order valence-corrected chi connectivity index (χ3v) is 7.62. The lowest BCUT2D eigenvalue weighted by atomic mass is 9.82. The minimum Gasteiger partial charge on any atom is -0.325 e. The second-order valence-electron chi connectivity index (χ2n) is 10.6. The van der Waals surface area contributed by atoms with Gasteiger partial charge in [0.1, 0.15) is 0 Å². The smallest absolute Gasteiger partial charge is 0.319 e. The molecule has 0 atom stereocenters. The van der Waals surface area contributed by atoms with Crippen LogP contribution in [0.2, 0.25) is 0 Å². The Bertz CT molecular complexity index is 468. The van der Waals surface area contributed by atoms with Gasteiger partial charge in [-0.15, -0.1) is 0 Å². The highest BCUT2D eigenvalue weighted by Gasteiger charge is 2.31. The van der Waals surface area contributed by atoms with Crippen LogP contribution in [0.5, 0.6) is 0 Å². The Balaban J connectivity index is 1.34. The van der Waals surface area contributed by atoms with Crippen LogP contribution in [-0.2, 0) is 0 Å². The number of rotatable bonds is 5. The van der Waals surface area contributed by atoms with Crippen molar-refractivity contribution in [2.45, 2.75) is 85.1 Å². The maximum Gasteiger partial charge on any atom is 0.319 e. The summed E-state index contributed by atoms with van der Waals surface area (Å²) in [5.74, 6) is 3.37. The highest BCUT2D eigenvalue weighted by atomic mass is 16.2. The summed E-state index contributed by atoms with van der Waals surface area (Å²) >= 11 is 0. The number of likely N-dealkylation sites (tertiary alicyclic amines) is 3. The van der Waals surface area contributed by atoms with Crippen LogP contribution in [-0.4, -0.2) is 66.0 Å². The molecule has 2 amide bonds. The molecule has 0 N–H and O–H groups in total. The molecule has 0 saturated carbocycles. The summed E-state index contributed by atoms with van der Waals surface area (Å²) in [5.41, 5.74) is 0. The van der Waals surface area contributed by atoms with Crippen LogP contribution in [0.3, 0.4) is 0 Å². The number of hydrogen-bond donors (Lipinski definition) is 0. The fourth-order valence-electron chi connectivity index (χ4n) is 5.76. The molecule has 28 heavy (non-hydrogen) atoms. The van der Waals surface area contributed by atoms with E-state index in [1.807, 2.05) is 0 Å². The minimum atomic E-state index is 0.326. The van der Waals surface area contributed by atoms with E-state index in [9.17, 15) is 4.79 Å². The van der Waals surface area contributed by atoms with Gasteiger partial charge in [0.15, 0.2) is 0 Å². The molecule has 4 heteroatoms. The SMILES string of the molecule is CC(C)CC1CCN(C(=O)N2CCC(CC3CCN(C(C)C)CC3)CC2)CC1. The average molecular weight is 392 g/mol. The zero-order chi connectivity index (χ0) is 20.1. The van der Waals surface area contributed by atoms with Crippen LogP contribution < -0.4 is 0 Å². The Kier molecular flexibility index (Phi) is 8.08. The first kappa shape index (κ1) is 21.9. The summed E-state index contributed by atoms with van der Waals surface area (Å²) in [5, 5.41) is 0. The van der Waals surface area contributed by atoms with E-state index in [1.54, 1.807) is 0 Å². The fraction of sp³-hybridized carbons (Fsp3) is 0.958. The van der Waals surface area contributed by atoms with E-state index in [4.69, 9.17) is 0 Å². The third kappa shape index (κ3) is 6.11. The lowest BCUT2D eigenvalue weighted by molar-refractivity contribution is 0.101. The molecule has 3 aliphatic rings. The predicted molar refractivity (Wildman–Crippen MR) is 117 cm³/mol. The predicted octanol–water partition coefficient (Wildman–Crippen LogP) is 5.09. The number of carbonyl (C=O) groups excluding carboxylic acids is 1. The van der Waals surface area contributed by atoms with E-state index in [-0.39, 0.29) is 0 Å². The third-order valence-electron chi connectivity index (χ3n) is 7.62. The van der Waals surface area contributed by atoms with Crippen molar-refractivity contribution in [1.29, 1.82) is 0 Å². The number of hydrogen-bond acceptors (Lipinski definition) is 2. The molecule has 3 fully saturated rings. The molecule has 0 aromatic rings. The first-order chi connectivity index (χ1) is 13.4. The lowest BCUT2D eigenvalue weighted by Crippen LogP contribution is -2.49. The summed E-state index contributed by atoms with van der Waals surface area (Å²) in [6.45, 7) is 15.8. The molecule has 3 saturated heterocycles. The molecule has 162 valence electrons. The molecular weight excluding hydrogens is 346 g/mol. The van der Waals surface area contributed by atoms with Crippen LogP contribution >= 0.6 is 0 Å². The van der Waals surface area contributed by atoms with Crippen molar-refractivity contribution in [3.05, 3.63) is 0 Å². The van der Waals surface area contributed by atoms with Crippen LogP contribution in [0.15, 0.2) is 0 Å². The molecule has 4 nitrogen and oxygen atoms in total. The molecular formula is C24H45N3O. The number of amides is 2. The molecule has 3 aliphatic heterocycles. The number of urea groups is 1. The van der Waals surface area contributed by atoms with Gasteiger partial charge in [-0.25, -0.2) is 4.79 Å². The molecule has 0 aromatic carbocycles. The summed E-state index contributed by atoms with van der Waals surface area (Å²) in [4.78, 5) is 19.8. The summed E-state index contributed by atoms with van der Waals surface area (Å²) in [6, 6.07) is 1.03. The topological polar surface area (TPSA) is 26.8 Å². The van der Waals surface area contributed by atoms with Crippen LogP contribution in [0.4, 0.5) is 4.79 Å². The van der Waals surface area contributed by atoms with Crippen molar-refractivity contribution in [3.63, 3.8) is 0 Å². The van der Waals surface area contributed by atoms with Gasteiger partial charge in [0.05, 0.1) is 0 Å². The summed E-state index contributed by atoms with van der Waals surface area (Å²) in [7, 11) is 0. The zero-order valence-corrected chi connectivity index (χ0v) is 19.0. The van der Waals surface area contributed by atoms with Crippen molar-refractivity contribution in [2.75, 3.05) is 39.3 Å². The van der Waals surface area contributed by atoms with E-state index in [0.29, 0.717) is 12.1 Å². The number of piperidine rings is 3. The van der Waals surface area contributed by atoms with E-state index in [0.717, 1.165) is 49.9 Å². The first-order valence-corrected chi connectivity index (χ1v) is 12.2. The van der Waals surface area contributed by atoms with Gasteiger partial charge in [-0.2, -0.15) is 0 Å². The molecule has 0 unspecified atom stereocenters. The molecule has 0 radical (unpaired) electrons. The largest absolute Gasteiger partial charge is 0.325 e. The standard InChI is InChI=1S/C24H45N3O/c1-19(2)17-21-7-13-26(14-8-21)24(28)27-15-9-23(10-16-27)18-22-5-11-25(12-6-22)20(3)4/h19-23H,5-18H2,1-4H3. The lowest BCUT2D eigenvalue weighted by Gasteiger charge is -2.40. The Morgan fingerprint density at radius 2 is 1.14 bits per heavy atom. The van der Waals surface area contributed by atoms with Crippen molar-refractivity contribution in [3.8, 4) is 0 Å². The molecule has 0 spiro atoms. The molecule has 3 rings (SSSR count). The van der Waals surface area contributed by atoms with Crippen LogP contribution in [0, 0.1) is 23.7 Å². The molecule has 0 bridgehead atoms. The van der Waals surface area contributed by atoms with Crippen LogP contribution in [0.1, 0.15) is 79.1 Å². The normalized spacial score (nSPS) is 24.5. The van der Waals surface area contributed by atoms with Gasteiger partial charge in [-0.05, 0) is 102 Å². The van der Waals surface area contributed by atoms with E-state index in [1.165, 1.54) is 64.5 Å². The average Bonchev–Trinajstić information content (AvgIpc) is 2.68. The van der Waals surface area contributed by atoms with E-state index < -0.39 is 0 Å². The quantitative estimate of drug-likeness (QED) is 0.653. The highest BCUT2D eigenvalue weighted by Crippen LogP contribution is 2.31. The molecule has 3 heterocycles. The minimum absolute atomic E-state index is 0.326. The monoisotopic (exact) mass is 391 g/mol. The second-order valence-corrected chi connectivity index (χ2v) is 10.6. The second kappa shape index (κ2) is 10.3. The Morgan fingerprint density at radius 1 is 0.714 bits per heavy atom. The Hall–Kier alpha value is -0.770. The van der Waals surface area contributed by atoms with E-state index >= 15 is 0 Å².